The first-order valence-electron chi connectivity index (χ1n) is 9.82. The molecular formula is C24H27FN2O2. The Morgan fingerprint density at radius 2 is 1.93 bits per heavy atom. The van der Waals surface area contributed by atoms with Crippen LogP contribution in [0.3, 0.4) is 0 Å². The van der Waals surface area contributed by atoms with Gasteiger partial charge in [0.25, 0.3) is 5.91 Å². The van der Waals surface area contributed by atoms with Crippen LogP contribution in [0.2, 0.25) is 0 Å². The second kappa shape index (κ2) is 9.52. The number of rotatable bonds is 8. The van der Waals surface area contributed by atoms with Gasteiger partial charge in [0.05, 0.1) is 6.61 Å². The summed E-state index contributed by atoms with van der Waals surface area (Å²) in [6.45, 7) is 5.13. The lowest BCUT2D eigenvalue weighted by Crippen LogP contribution is -2.30. The summed E-state index contributed by atoms with van der Waals surface area (Å²) in [5, 5.41) is 5.26. The van der Waals surface area contributed by atoms with Gasteiger partial charge in [0.2, 0.25) is 0 Å². The van der Waals surface area contributed by atoms with Crippen LogP contribution in [0.4, 0.5) is 15.8 Å². The third-order valence-electron chi connectivity index (χ3n) is 4.96. The highest BCUT2D eigenvalue weighted by molar-refractivity contribution is 6.11. The lowest BCUT2D eigenvalue weighted by molar-refractivity contribution is 0.0711. The Bertz CT molecular complexity index is 1000. The average Bonchev–Trinajstić information content (AvgIpc) is 2.74. The highest BCUT2D eigenvalue weighted by atomic mass is 19.1. The number of anilines is 2. The van der Waals surface area contributed by atoms with Gasteiger partial charge >= 0.3 is 0 Å². The SMILES string of the molecule is CCOCCN(C)C(=O)c1ccc(Nc2cccc(CF)c2)c2cccc(C)c12. The Hall–Kier alpha value is -2.92. The number of likely N-dealkylation sites (N-methyl/N-ethyl adjacent to an activating group) is 1. The van der Waals surface area contributed by atoms with E-state index in [2.05, 4.69) is 5.32 Å². The normalized spacial score (nSPS) is 10.9. The number of carbonyl (C=O) groups is 1. The summed E-state index contributed by atoms with van der Waals surface area (Å²) in [5.74, 6) is -0.0324. The third-order valence-corrected chi connectivity index (χ3v) is 4.96. The Balaban J connectivity index is 1.98. The van der Waals surface area contributed by atoms with Gasteiger partial charge in [0, 0.05) is 42.5 Å². The molecule has 0 unspecified atom stereocenters. The molecule has 0 aliphatic heterocycles. The maximum absolute atomic E-state index is 13.1. The minimum atomic E-state index is -0.503. The molecule has 0 heterocycles. The maximum Gasteiger partial charge on any atom is 0.254 e. The zero-order valence-corrected chi connectivity index (χ0v) is 17.2. The monoisotopic (exact) mass is 394 g/mol. The number of nitrogens with one attached hydrogen (secondary N) is 1. The summed E-state index contributed by atoms with van der Waals surface area (Å²) in [4.78, 5) is 14.8. The first-order valence-corrected chi connectivity index (χ1v) is 9.82. The Morgan fingerprint density at radius 1 is 1.14 bits per heavy atom. The van der Waals surface area contributed by atoms with Crippen molar-refractivity contribution >= 4 is 28.1 Å². The molecule has 0 aliphatic carbocycles. The smallest absolute Gasteiger partial charge is 0.254 e. The van der Waals surface area contributed by atoms with E-state index in [1.165, 1.54) is 0 Å². The molecule has 0 spiro atoms. The van der Waals surface area contributed by atoms with Crippen LogP contribution in [-0.4, -0.2) is 37.6 Å². The Morgan fingerprint density at radius 3 is 2.69 bits per heavy atom. The molecule has 0 atom stereocenters. The number of hydrogen-bond acceptors (Lipinski definition) is 3. The fourth-order valence-electron chi connectivity index (χ4n) is 3.42. The van der Waals surface area contributed by atoms with Gasteiger partial charge < -0.3 is 15.0 Å². The van der Waals surface area contributed by atoms with Crippen molar-refractivity contribution in [2.24, 2.45) is 0 Å². The summed E-state index contributed by atoms with van der Waals surface area (Å²) in [5.41, 5.74) is 4.02. The molecule has 0 fully saturated rings. The molecule has 5 heteroatoms. The molecule has 1 amide bonds. The molecule has 3 aromatic rings. The lowest BCUT2D eigenvalue weighted by atomic mass is 9.97. The largest absolute Gasteiger partial charge is 0.380 e. The summed E-state index contributed by atoms with van der Waals surface area (Å²) in [6.07, 6.45) is 0. The second-order valence-electron chi connectivity index (χ2n) is 7.04. The van der Waals surface area contributed by atoms with Crippen LogP contribution >= 0.6 is 0 Å². The summed E-state index contributed by atoms with van der Waals surface area (Å²) in [6, 6.07) is 17.0. The van der Waals surface area contributed by atoms with Crippen molar-refractivity contribution in [3.05, 3.63) is 71.3 Å². The van der Waals surface area contributed by atoms with Gasteiger partial charge in [-0.05, 0) is 54.6 Å². The molecule has 1 N–H and O–H groups in total. The minimum Gasteiger partial charge on any atom is -0.380 e. The van der Waals surface area contributed by atoms with Crippen molar-refractivity contribution in [3.8, 4) is 0 Å². The summed E-state index contributed by atoms with van der Waals surface area (Å²) >= 11 is 0. The van der Waals surface area contributed by atoms with Crippen LogP contribution in [0.15, 0.2) is 54.6 Å². The van der Waals surface area contributed by atoms with Gasteiger partial charge in [0.1, 0.15) is 6.67 Å². The molecule has 3 aromatic carbocycles. The predicted octanol–water partition coefficient (Wildman–Crippen LogP) is 5.47. The average molecular weight is 394 g/mol. The molecule has 0 bridgehead atoms. The minimum absolute atomic E-state index is 0.0324. The van der Waals surface area contributed by atoms with Crippen molar-refractivity contribution in [2.75, 3.05) is 32.1 Å². The van der Waals surface area contributed by atoms with E-state index in [4.69, 9.17) is 4.74 Å². The predicted molar refractivity (Wildman–Crippen MR) is 117 cm³/mol. The first kappa shape index (κ1) is 20.8. The van der Waals surface area contributed by atoms with Gasteiger partial charge in [-0.15, -0.1) is 0 Å². The summed E-state index contributed by atoms with van der Waals surface area (Å²) < 4.78 is 18.4. The molecule has 4 nitrogen and oxygen atoms in total. The molecule has 29 heavy (non-hydrogen) atoms. The number of carbonyl (C=O) groups excluding carboxylic acids is 1. The number of benzene rings is 3. The van der Waals surface area contributed by atoms with Crippen LogP contribution < -0.4 is 5.32 Å². The number of fused-ring (bicyclic) bond motifs is 1. The van der Waals surface area contributed by atoms with Gasteiger partial charge in [-0.3, -0.25) is 4.79 Å². The number of ether oxygens (including phenoxy) is 1. The number of aryl methyl sites for hydroxylation is 1. The van der Waals surface area contributed by atoms with Crippen molar-refractivity contribution in [2.45, 2.75) is 20.5 Å². The van der Waals surface area contributed by atoms with E-state index in [9.17, 15) is 9.18 Å². The van der Waals surface area contributed by atoms with Gasteiger partial charge in [0.15, 0.2) is 0 Å². The van der Waals surface area contributed by atoms with Crippen molar-refractivity contribution in [3.63, 3.8) is 0 Å². The second-order valence-corrected chi connectivity index (χ2v) is 7.04. The van der Waals surface area contributed by atoms with Gasteiger partial charge in [-0.1, -0.05) is 30.3 Å². The van der Waals surface area contributed by atoms with E-state index in [0.717, 1.165) is 27.7 Å². The molecule has 0 aliphatic rings. The highest BCUT2D eigenvalue weighted by Crippen LogP contribution is 2.32. The number of halogens is 1. The van der Waals surface area contributed by atoms with Crippen LogP contribution in [0, 0.1) is 6.92 Å². The number of nitrogens with zero attached hydrogens (tertiary/aromatic N) is 1. The standard InChI is InChI=1S/C24H27FN2O2/c1-4-29-14-13-27(3)24(28)21-11-12-22(20-10-5-7-17(2)23(20)21)26-19-9-6-8-18(15-19)16-25/h5-12,15,26H,4,13-14,16H2,1-3H3. The molecule has 0 saturated heterocycles. The molecule has 0 radical (unpaired) electrons. The fraction of sp³-hybridized carbons (Fsp3) is 0.292. The van der Waals surface area contributed by atoms with Crippen molar-refractivity contribution < 1.29 is 13.9 Å². The van der Waals surface area contributed by atoms with E-state index in [1.54, 1.807) is 24.1 Å². The highest BCUT2D eigenvalue weighted by Gasteiger charge is 2.17. The van der Waals surface area contributed by atoms with Crippen LogP contribution in [0.1, 0.15) is 28.4 Å². The molecule has 152 valence electrons. The van der Waals surface area contributed by atoms with Crippen molar-refractivity contribution in [1.82, 2.24) is 4.90 Å². The quantitative estimate of drug-likeness (QED) is 0.515. The third kappa shape index (κ3) is 4.74. The van der Waals surface area contributed by atoms with E-state index < -0.39 is 6.67 Å². The molecule has 3 rings (SSSR count). The first-order chi connectivity index (χ1) is 14.0. The molecule has 0 saturated carbocycles. The fourth-order valence-corrected chi connectivity index (χ4v) is 3.42. The number of alkyl halides is 1. The Labute approximate surface area is 171 Å². The van der Waals surface area contributed by atoms with Crippen LogP contribution in [0.5, 0.6) is 0 Å². The lowest BCUT2D eigenvalue weighted by Gasteiger charge is -2.20. The summed E-state index contributed by atoms with van der Waals surface area (Å²) in [7, 11) is 1.79. The maximum atomic E-state index is 13.1. The van der Waals surface area contributed by atoms with Gasteiger partial charge in [-0.25, -0.2) is 4.39 Å². The van der Waals surface area contributed by atoms with Crippen molar-refractivity contribution in [1.29, 1.82) is 0 Å². The van der Waals surface area contributed by atoms with E-state index in [-0.39, 0.29) is 5.91 Å². The molecule has 0 aromatic heterocycles. The van der Waals surface area contributed by atoms with E-state index in [0.29, 0.717) is 30.9 Å². The number of hydrogen-bond donors (Lipinski definition) is 1. The zero-order valence-electron chi connectivity index (χ0n) is 17.2. The topological polar surface area (TPSA) is 41.6 Å². The van der Waals surface area contributed by atoms with Crippen LogP contribution in [-0.2, 0) is 11.4 Å². The van der Waals surface area contributed by atoms with E-state index in [1.807, 2.05) is 56.3 Å². The van der Waals surface area contributed by atoms with Crippen LogP contribution in [0.25, 0.3) is 10.8 Å². The van der Waals surface area contributed by atoms with E-state index >= 15 is 0 Å². The van der Waals surface area contributed by atoms with Gasteiger partial charge in [-0.2, -0.15) is 0 Å². The number of amides is 1. The zero-order chi connectivity index (χ0) is 20.8. The molecular weight excluding hydrogens is 367 g/mol. The Kier molecular flexibility index (Phi) is 6.83.